The molecule has 0 aliphatic rings. The fourth-order valence-corrected chi connectivity index (χ4v) is 1.25. The van der Waals surface area contributed by atoms with E-state index in [0.717, 1.165) is 11.1 Å². The lowest BCUT2D eigenvalue weighted by Crippen LogP contribution is -1.89. The Hall–Kier alpha value is -1.55. The molecule has 0 aliphatic carbocycles. The molecule has 0 bridgehead atoms. The second-order valence-corrected chi connectivity index (χ2v) is 3.56. The predicted molar refractivity (Wildman–Crippen MR) is 58.2 cm³/mol. The summed E-state index contributed by atoms with van der Waals surface area (Å²) in [6.07, 6.45) is 0. The highest BCUT2D eigenvalue weighted by atomic mass is 16.1. The number of benzene rings is 1. The van der Waals surface area contributed by atoms with Gasteiger partial charge in [0.1, 0.15) is 0 Å². The van der Waals surface area contributed by atoms with Crippen molar-refractivity contribution >= 4 is 5.78 Å². The number of hydrogen-bond donors (Lipinski definition) is 0. The summed E-state index contributed by atoms with van der Waals surface area (Å²) in [6, 6.07) is 4.13. The van der Waals surface area contributed by atoms with Crippen molar-refractivity contribution in [1.29, 1.82) is 0 Å². The van der Waals surface area contributed by atoms with E-state index in [1.54, 1.807) is 0 Å². The molecule has 0 saturated heterocycles. The van der Waals surface area contributed by atoms with Gasteiger partial charge in [0.15, 0.2) is 0 Å². The second-order valence-electron chi connectivity index (χ2n) is 3.56. The summed E-state index contributed by atoms with van der Waals surface area (Å²) < 4.78 is 0. The van der Waals surface area contributed by atoms with E-state index in [-0.39, 0.29) is 5.78 Å². The summed E-state index contributed by atoms with van der Waals surface area (Å²) in [5, 5.41) is 0. The van der Waals surface area contributed by atoms with E-state index in [9.17, 15) is 4.79 Å². The summed E-state index contributed by atoms with van der Waals surface area (Å²) in [5.41, 5.74) is 4.55. The van der Waals surface area contributed by atoms with Crippen LogP contribution in [0.2, 0.25) is 0 Å². The SMILES string of the molecule is CC(=O)C#Cc1cc(C)c(C)cc1C. The van der Waals surface area contributed by atoms with Crippen molar-refractivity contribution in [3.63, 3.8) is 0 Å². The molecule has 1 aromatic rings. The van der Waals surface area contributed by atoms with Crippen LogP contribution in [-0.4, -0.2) is 5.78 Å². The first kappa shape index (κ1) is 10.5. The van der Waals surface area contributed by atoms with Gasteiger partial charge in [-0.15, -0.1) is 0 Å². The first-order valence-corrected chi connectivity index (χ1v) is 4.61. The molecule has 0 unspecified atom stereocenters. The van der Waals surface area contributed by atoms with Crippen molar-refractivity contribution in [3.05, 3.63) is 34.4 Å². The Morgan fingerprint density at radius 1 is 1.07 bits per heavy atom. The molecule has 14 heavy (non-hydrogen) atoms. The van der Waals surface area contributed by atoms with Gasteiger partial charge in [-0.1, -0.05) is 12.0 Å². The maximum absolute atomic E-state index is 10.7. The van der Waals surface area contributed by atoms with Gasteiger partial charge in [-0.3, -0.25) is 4.79 Å². The first-order chi connectivity index (χ1) is 6.50. The molecule has 0 heterocycles. The molecule has 0 aromatic heterocycles. The Kier molecular flexibility index (Phi) is 3.09. The molecule has 1 rings (SSSR count). The van der Waals surface area contributed by atoms with Gasteiger partial charge in [-0.05, 0) is 49.4 Å². The maximum atomic E-state index is 10.7. The number of carbonyl (C=O) groups excluding carboxylic acids is 1. The molecule has 1 aromatic carbocycles. The third kappa shape index (κ3) is 2.47. The molecule has 72 valence electrons. The van der Waals surface area contributed by atoms with Crippen molar-refractivity contribution < 1.29 is 4.79 Å². The second kappa shape index (κ2) is 4.11. The van der Waals surface area contributed by atoms with Gasteiger partial charge < -0.3 is 0 Å². The van der Waals surface area contributed by atoms with Gasteiger partial charge in [0.2, 0.25) is 5.78 Å². The first-order valence-electron chi connectivity index (χ1n) is 4.61. The average Bonchev–Trinajstić information content (AvgIpc) is 2.09. The van der Waals surface area contributed by atoms with Gasteiger partial charge in [-0.25, -0.2) is 0 Å². The normalized spacial score (nSPS) is 9.14. The standard InChI is InChI=1S/C13H14O/c1-9-7-11(3)13(8-10(9)2)6-5-12(4)14/h7-8H,1-4H3. The summed E-state index contributed by atoms with van der Waals surface area (Å²) in [4.78, 5) is 10.7. The average molecular weight is 186 g/mol. The number of carbonyl (C=O) groups is 1. The minimum atomic E-state index is -0.0948. The highest BCUT2D eigenvalue weighted by Crippen LogP contribution is 2.13. The molecule has 0 saturated carbocycles. The van der Waals surface area contributed by atoms with Crippen LogP contribution in [0.4, 0.5) is 0 Å². The smallest absolute Gasteiger partial charge is 0.202 e. The highest BCUT2D eigenvalue weighted by molar-refractivity contribution is 5.93. The Balaban J connectivity index is 3.18. The highest BCUT2D eigenvalue weighted by Gasteiger charge is 1.98. The molecule has 0 aliphatic heterocycles. The number of ketones is 1. The Morgan fingerprint density at radius 3 is 2.21 bits per heavy atom. The van der Waals surface area contributed by atoms with Gasteiger partial charge in [0, 0.05) is 12.5 Å². The van der Waals surface area contributed by atoms with Crippen LogP contribution in [0.3, 0.4) is 0 Å². The summed E-state index contributed by atoms with van der Waals surface area (Å²) in [6.45, 7) is 7.61. The zero-order valence-electron chi connectivity index (χ0n) is 9.06. The number of rotatable bonds is 0. The third-order valence-corrected chi connectivity index (χ3v) is 2.21. The number of Topliss-reactive ketones (excluding diaryl/α,β-unsaturated/α-hetero) is 1. The largest absolute Gasteiger partial charge is 0.285 e. The van der Waals surface area contributed by atoms with E-state index in [4.69, 9.17) is 0 Å². The lowest BCUT2D eigenvalue weighted by molar-refractivity contribution is -0.111. The van der Waals surface area contributed by atoms with Crippen LogP contribution in [0.5, 0.6) is 0 Å². The van der Waals surface area contributed by atoms with Crippen molar-refractivity contribution in [2.75, 3.05) is 0 Å². The molecular formula is C13H14O. The van der Waals surface area contributed by atoms with Gasteiger partial charge in [0.05, 0.1) is 0 Å². The van der Waals surface area contributed by atoms with E-state index in [1.807, 2.05) is 19.9 Å². The van der Waals surface area contributed by atoms with Crippen LogP contribution in [-0.2, 0) is 4.79 Å². The molecule has 1 heteroatoms. The van der Waals surface area contributed by atoms with Crippen molar-refractivity contribution in [3.8, 4) is 11.8 Å². The van der Waals surface area contributed by atoms with Gasteiger partial charge >= 0.3 is 0 Å². The summed E-state index contributed by atoms with van der Waals surface area (Å²) >= 11 is 0. The third-order valence-electron chi connectivity index (χ3n) is 2.21. The van der Waals surface area contributed by atoms with Crippen LogP contribution in [0, 0.1) is 32.6 Å². The Bertz CT molecular complexity index is 431. The van der Waals surface area contributed by atoms with Crippen LogP contribution < -0.4 is 0 Å². The minimum Gasteiger partial charge on any atom is -0.285 e. The van der Waals surface area contributed by atoms with Crippen molar-refractivity contribution in [2.24, 2.45) is 0 Å². The van der Waals surface area contributed by atoms with E-state index >= 15 is 0 Å². The zero-order valence-corrected chi connectivity index (χ0v) is 9.06. The molecule has 0 atom stereocenters. The quantitative estimate of drug-likeness (QED) is 0.569. The molecule has 0 N–H and O–H groups in total. The Labute approximate surface area is 85.1 Å². The zero-order chi connectivity index (χ0) is 10.7. The van der Waals surface area contributed by atoms with Crippen LogP contribution >= 0.6 is 0 Å². The van der Waals surface area contributed by atoms with Crippen molar-refractivity contribution in [2.45, 2.75) is 27.7 Å². The Morgan fingerprint density at radius 2 is 1.64 bits per heavy atom. The van der Waals surface area contributed by atoms with E-state index in [1.165, 1.54) is 18.1 Å². The lowest BCUT2D eigenvalue weighted by Gasteiger charge is -2.03. The molecule has 0 spiro atoms. The fraction of sp³-hybridized carbons (Fsp3) is 0.308. The molecule has 0 fully saturated rings. The molecule has 0 radical (unpaired) electrons. The molecule has 0 amide bonds. The van der Waals surface area contributed by atoms with Crippen LogP contribution in [0.15, 0.2) is 12.1 Å². The summed E-state index contributed by atoms with van der Waals surface area (Å²) in [7, 11) is 0. The topological polar surface area (TPSA) is 17.1 Å². The minimum absolute atomic E-state index is 0.0948. The molecule has 1 nitrogen and oxygen atoms in total. The van der Waals surface area contributed by atoms with Crippen LogP contribution in [0.25, 0.3) is 0 Å². The van der Waals surface area contributed by atoms with Gasteiger partial charge in [0.25, 0.3) is 0 Å². The van der Waals surface area contributed by atoms with Gasteiger partial charge in [-0.2, -0.15) is 0 Å². The van der Waals surface area contributed by atoms with Crippen molar-refractivity contribution in [1.82, 2.24) is 0 Å². The maximum Gasteiger partial charge on any atom is 0.202 e. The van der Waals surface area contributed by atoms with Crippen LogP contribution in [0.1, 0.15) is 29.2 Å². The monoisotopic (exact) mass is 186 g/mol. The predicted octanol–water partition coefficient (Wildman–Crippen LogP) is 2.55. The lowest BCUT2D eigenvalue weighted by atomic mass is 10.0. The van der Waals surface area contributed by atoms with E-state index in [0.29, 0.717) is 0 Å². The molecular weight excluding hydrogens is 172 g/mol. The number of aryl methyl sites for hydroxylation is 3. The van der Waals surface area contributed by atoms with E-state index in [2.05, 4.69) is 24.8 Å². The van der Waals surface area contributed by atoms with E-state index < -0.39 is 0 Å². The summed E-state index contributed by atoms with van der Waals surface area (Å²) in [5.74, 6) is 5.35. The number of hydrogen-bond acceptors (Lipinski definition) is 1. The fourth-order valence-electron chi connectivity index (χ4n) is 1.25.